The first kappa shape index (κ1) is 38.7. The molecule has 0 bridgehead atoms. The molecule has 0 aliphatic rings. The van der Waals surface area contributed by atoms with Gasteiger partial charge in [-0.25, -0.2) is 0 Å². The first-order valence-corrected chi connectivity index (χ1v) is 17.3. The molecule has 13 heteroatoms. The summed E-state index contributed by atoms with van der Waals surface area (Å²) in [5.41, 5.74) is 15.3. The molecule has 3 aromatic rings. The average Bonchev–Trinajstić information content (AvgIpc) is 3.12. The van der Waals surface area contributed by atoms with Crippen LogP contribution in [-0.4, -0.2) is 80.2 Å². The van der Waals surface area contributed by atoms with Crippen molar-refractivity contribution in [2.75, 3.05) is 43.6 Å². The van der Waals surface area contributed by atoms with Gasteiger partial charge in [-0.05, 0) is 38.0 Å². The second kappa shape index (κ2) is 21.3. The van der Waals surface area contributed by atoms with E-state index in [0.29, 0.717) is 30.3 Å². The van der Waals surface area contributed by atoms with E-state index in [0.717, 1.165) is 16.7 Å². The summed E-state index contributed by atoms with van der Waals surface area (Å²) in [6.07, 6.45) is -0.0543. The molecule has 3 rings (SSSR count). The zero-order valence-electron chi connectivity index (χ0n) is 27.9. The molecule has 5 N–H and O–H groups in total. The zero-order chi connectivity index (χ0) is 35.4. The highest BCUT2D eigenvalue weighted by atomic mass is 32.2. The van der Waals surface area contributed by atoms with E-state index >= 15 is 0 Å². The molecule has 0 unspecified atom stereocenters. The number of anilines is 1. The van der Waals surface area contributed by atoms with Crippen LogP contribution in [0.3, 0.4) is 0 Å². The van der Waals surface area contributed by atoms with Crippen LogP contribution >= 0.6 is 11.8 Å². The van der Waals surface area contributed by atoms with Crippen LogP contribution in [0, 0.1) is 0 Å². The maximum atomic E-state index is 14.0. The third-order valence-corrected chi connectivity index (χ3v) is 8.13. The Kier molecular flexibility index (Phi) is 16.8. The van der Waals surface area contributed by atoms with Gasteiger partial charge >= 0.3 is 11.9 Å². The van der Waals surface area contributed by atoms with Crippen LogP contribution in [0.4, 0.5) is 5.69 Å². The number of nitrogens with zero attached hydrogens (tertiary/aromatic N) is 2. The van der Waals surface area contributed by atoms with Crippen molar-refractivity contribution in [2.24, 2.45) is 16.6 Å². The van der Waals surface area contributed by atoms with Gasteiger partial charge in [-0.15, -0.1) is 0 Å². The van der Waals surface area contributed by atoms with Crippen molar-refractivity contribution in [3.63, 3.8) is 0 Å². The summed E-state index contributed by atoms with van der Waals surface area (Å²) in [5, 5.41) is 7.12. The average molecular weight is 692 g/mol. The molecule has 0 heterocycles. The van der Waals surface area contributed by atoms with Crippen LogP contribution in [0.25, 0.3) is 0 Å². The lowest BCUT2D eigenvalue weighted by atomic mass is 10.0. The fourth-order valence-electron chi connectivity index (χ4n) is 4.61. The molecule has 0 aliphatic heterocycles. The van der Waals surface area contributed by atoms with Crippen LogP contribution in [0.2, 0.25) is 0 Å². The number of hydrogen-bond acceptors (Lipinski definition) is 11. The van der Waals surface area contributed by atoms with Gasteiger partial charge in [-0.2, -0.15) is 11.8 Å². The van der Waals surface area contributed by atoms with E-state index in [2.05, 4.69) is 10.5 Å². The van der Waals surface area contributed by atoms with Crippen molar-refractivity contribution in [1.29, 1.82) is 0 Å². The first-order chi connectivity index (χ1) is 23.8. The van der Waals surface area contributed by atoms with Gasteiger partial charge in [0.1, 0.15) is 30.9 Å². The van der Waals surface area contributed by atoms with Crippen LogP contribution < -0.4 is 21.7 Å². The standard InChI is InChI=1S/C36H45N5O7S/c1-3-46-33(43)23-41(29-13-9-6-10-14-29)35(44)31(39-32(42)20-19-30(38)36(45)47-4-2)25-49-24-26-15-17-28(18-16-26)34(40-48-22-21-37)27-11-7-5-8-12-27/h5-18,30-31H,3-4,19-25,37-38H2,1-2H3,(H,39,42)/b40-34+/t30-,31-/m0/s1. The van der Waals surface area contributed by atoms with Crippen molar-refractivity contribution in [1.82, 2.24) is 5.32 Å². The Morgan fingerprint density at radius 1 is 0.878 bits per heavy atom. The minimum Gasteiger partial charge on any atom is -0.465 e. The van der Waals surface area contributed by atoms with E-state index < -0.39 is 35.8 Å². The number of amides is 2. The third kappa shape index (κ3) is 13.0. The molecule has 0 saturated carbocycles. The number of benzene rings is 3. The fourth-order valence-corrected chi connectivity index (χ4v) is 5.62. The van der Waals surface area contributed by atoms with Gasteiger partial charge in [0.2, 0.25) is 5.91 Å². The number of para-hydroxylation sites is 1. The summed E-state index contributed by atoms with van der Waals surface area (Å²) < 4.78 is 10.1. The Bertz CT molecular complexity index is 1510. The lowest BCUT2D eigenvalue weighted by Gasteiger charge is -2.27. The Hall–Kier alpha value is -4.72. The predicted molar refractivity (Wildman–Crippen MR) is 191 cm³/mol. The van der Waals surface area contributed by atoms with Crippen molar-refractivity contribution in [3.05, 3.63) is 102 Å². The summed E-state index contributed by atoms with van der Waals surface area (Å²) in [4.78, 5) is 58.2. The minimum absolute atomic E-state index is 0.0435. The van der Waals surface area contributed by atoms with Gasteiger partial charge in [-0.1, -0.05) is 78.0 Å². The van der Waals surface area contributed by atoms with Gasteiger partial charge in [0, 0.05) is 41.3 Å². The number of hydrogen-bond donors (Lipinski definition) is 3. The molecule has 0 radical (unpaired) electrons. The number of carbonyl (C=O) groups excluding carboxylic acids is 4. The summed E-state index contributed by atoms with van der Waals surface area (Å²) in [7, 11) is 0. The number of carbonyl (C=O) groups is 4. The number of oxime groups is 1. The van der Waals surface area contributed by atoms with Crippen molar-refractivity contribution in [2.45, 2.75) is 44.5 Å². The molecular weight excluding hydrogens is 646 g/mol. The monoisotopic (exact) mass is 691 g/mol. The van der Waals surface area contributed by atoms with E-state index in [9.17, 15) is 19.2 Å². The second-order valence-corrected chi connectivity index (χ2v) is 11.8. The quantitative estimate of drug-likeness (QED) is 0.0689. The predicted octanol–water partition coefficient (Wildman–Crippen LogP) is 3.40. The second-order valence-electron chi connectivity index (χ2n) is 10.7. The van der Waals surface area contributed by atoms with Crippen LogP contribution in [0.1, 0.15) is 43.4 Å². The van der Waals surface area contributed by atoms with Gasteiger partial charge in [-0.3, -0.25) is 24.1 Å². The molecule has 0 spiro atoms. The highest BCUT2D eigenvalue weighted by Gasteiger charge is 2.29. The van der Waals surface area contributed by atoms with E-state index in [1.54, 1.807) is 44.2 Å². The molecule has 12 nitrogen and oxygen atoms in total. The third-order valence-electron chi connectivity index (χ3n) is 7.02. The van der Waals surface area contributed by atoms with Crippen LogP contribution in [-0.2, 0) is 39.2 Å². The molecule has 49 heavy (non-hydrogen) atoms. The molecule has 3 aromatic carbocycles. The highest BCUT2D eigenvalue weighted by Crippen LogP contribution is 2.20. The minimum atomic E-state index is -0.998. The number of nitrogens with one attached hydrogen (secondary N) is 1. The molecule has 2 atom stereocenters. The van der Waals surface area contributed by atoms with Gasteiger partial charge < -0.3 is 31.1 Å². The van der Waals surface area contributed by atoms with E-state index in [1.807, 2.05) is 54.6 Å². The highest BCUT2D eigenvalue weighted by molar-refractivity contribution is 7.98. The molecule has 2 amide bonds. The number of ether oxygens (including phenoxy) is 2. The summed E-state index contributed by atoms with van der Waals surface area (Å²) >= 11 is 1.44. The largest absolute Gasteiger partial charge is 0.465 e. The number of esters is 2. The lowest BCUT2D eigenvalue weighted by molar-refractivity contribution is -0.145. The zero-order valence-corrected chi connectivity index (χ0v) is 28.7. The van der Waals surface area contributed by atoms with Crippen LogP contribution in [0.15, 0.2) is 90.1 Å². The topological polar surface area (TPSA) is 176 Å². The molecule has 0 aliphatic carbocycles. The molecule has 0 saturated heterocycles. The maximum absolute atomic E-state index is 14.0. The fraction of sp³-hybridized carbons (Fsp3) is 0.361. The maximum Gasteiger partial charge on any atom is 0.326 e. The number of nitrogens with two attached hydrogens (primary N) is 2. The molecule has 0 aromatic heterocycles. The van der Waals surface area contributed by atoms with E-state index in [-0.39, 0.29) is 38.4 Å². The Morgan fingerprint density at radius 3 is 2.14 bits per heavy atom. The summed E-state index contributed by atoms with van der Waals surface area (Å²) in [6, 6.07) is 24.2. The normalized spacial score (nSPS) is 12.4. The summed E-state index contributed by atoms with van der Waals surface area (Å²) in [5.74, 6) is -1.39. The number of thioether (sulfide) groups is 1. The Balaban J connectivity index is 1.77. The smallest absolute Gasteiger partial charge is 0.326 e. The lowest BCUT2D eigenvalue weighted by Crippen LogP contribution is -2.52. The molecule has 0 fully saturated rings. The van der Waals surface area contributed by atoms with Crippen molar-refractivity contribution in [3.8, 4) is 0 Å². The molecular formula is C36H45N5O7S. The number of rotatable bonds is 20. The molecule has 262 valence electrons. The van der Waals surface area contributed by atoms with Crippen molar-refractivity contribution < 1.29 is 33.5 Å². The van der Waals surface area contributed by atoms with Crippen LogP contribution in [0.5, 0.6) is 0 Å². The SMILES string of the molecule is CCOC(=O)CN(C(=O)[C@H](CSCc1ccc(/C(=N/OCCN)c2ccccc2)cc1)NC(=O)CC[C@H](N)C(=O)OCC)c1ccccc1. The summed E-state index contributed by atoms with van der Waals surface area (Å²) in [6.45, 7) is 4.00. The van der Waals surface area contributed by atoms with E-state index in [4.69, 9.17) is 25.8 Å². The Labute approximate surface area is 291 Å². The Morgan fingerprint density at radius 2 is 1.51 bits per heavy atom. The first-order valence-electron chi connectivity index (χ1n) is 16.1. The van der Waals surface area contributed by atoms with E-state index in [1.165, 1.54) is 16.7 Å². The van der Waals surface area contributed by atoms with Gasteiger partial charge in [0.25, 0.3) is 5.91 Å². The van der Waals surface area contributed by atoms with Gasteiger partial charge in [0.15, 0.2) is 0 Å². The van der Waals surface area contributed by atoms with Crippen molar-refractivity contribution >= 4 is 46.9 Å². The van der Waals surface area contributed by atoms with Gasteiger partial charge in [0.05, 0.1) is 13.2 Å².